The summed E-state index contributed by atoms with van der Waals surface area (Å²) in [6.45, 7) is -0.230. The van der Waals surface area contributed by atoms with Crippen LogP contribution < -0.4 is 19.7 Å². The first-order valence-corrected chi connectivity index (χ1v) is 11.4. The summed E-state index contributed by atoms with van der Waals surface area (Å²) in [4.78, 5) is 27.1. The second kappa shape index (κ2) is 10.4. The van der Waals surface area contributed by atoms with Crippen LogP contribution in [0.5, 0.6) is 17.2 Å². The lowest BCUT2D eigenvalue weighted by atomic mass is 10.2. The maximum atomic E-state index is 12.9. The lowest BCUT2D eigenvalue weighted by Gasteiger charge is -2.14. The summed E-state index contributed by atoms with van der Waals surface area (Å²) in [7, 11) is 1.50. The first-order chi connectivity index (χ1) is 16.4. The molecular formula is C25H20N2O5S2. The number of aromatic hydroxyl groups is 1. The monoisotopic (exact) mass is 492 g/mol. The van der Waals surface area contributed by atoms with Crippen molar-refractivity contribution in [3.63, 3.8) is 0 Å². The van der Waals surface area contributed by atoms with Gasteiger partial charge in [0.05, 0.1) is 17.7 Å². The third kappa shape index (κ3) is 5.38. The highest BCUT2D eigenvalue weighted by molar-refractivity contribution is 8.27. The minimum Gasteiger partial charge on any atom is -0.508 e. The molecule has 9 heteroatoms. The maximum absolute atomic E-state index is 12.9. The van der Waals surface area contributed by atoms with Crippen LogP contribution in [0.4, 0.5) is 11.4 Å². The number of thiocarbonyl (C=S) groups is 1. The highest BCUT2D eigenvalue weighted by Crippen LogP contribution is 2.37. The van der Waals surface area contributed by atoms with Gasteiger partial charge in [0.25, 0.3) is 11.8 Å². The van der Waals surface area contributed by atoms with Gasteiger partial charge in [0.2, 0.25) is 0 Å². The SMILES string of the molecule is COc1cc(C=C2SC(=S)N(c3ccccc3)C2=O)ccc1OCC(=O)Nc1ccc(O)cc1. The first-order valence-electron chi connectivity index (χ1n) is 10.2. The number of nitrogens with zero attached hydrogens (tertiary/aromatic N) is 1. The van der Waals surface area contributed by atoms with E-state index in [1.165, 1.54) is 35.9 Å². The van der Waals surface area contributed by atoms with Crippen LogP contribution in [0.3, 0.4) is 0 Å². The van der Waals surface area contributed by atoms with Gasteiger partial charge < -0.3 is 19.9 Å². The smallest absolute Gasteiger partial charge is 0.270 e. The third-order valence-corrected chi connectivity index (χ3v) is 6.11. The van der Waals surface area contributed by atoms with Crippen molar-refractivity contribution in [1.29, 1.82) is 0 Å². The number of carbonyl (C=O) groups excluding carboxylic acids is 2. The van der Waals surface area contributed by atoms with E-state index in [2.05, 4.69) is 5.32 Å². The van der Waals surface area contributed by atoms with Crippen LogP contribution in [0.15, 0.2) is 77.7 Å². The van der Waals surface area contributed by atoms with Crippen molar-refractivity contribution in [2.75, 3.05) is 23.9 Å². The molecule has 0 saturated carbocycles. The lowest BCUT2D eigenvalue weighted by molar-refractivity contribution is -0.118. The zero-order chi connectivity index (χ0) is 24.1. The third-order valence-electron chi connectivity index (χ3n) is 4.80. The predicted octanol–water partition coefficient (Wildman–Crippen LogP) is 4.82. The molecule has 172 valence electrons. The average molecular weight is 493 g/mol. The lowest BCUT2D eigenvalue weighted by Crippen LogP contribution is -2.27. The fourth-order valence-corrected chi connectivity index (χ4v) is 4.50. The Balaban J connectivity index is 1.44. The number of amides is 2. The molecule has 0 unspecified atom stereocenters. The first kappa shape index (κ1) is 23.3. The molecule has 1 aliphatic rings. The molecular weight excluding hydrogens is 472 g/mol. The van der Waals surface area contributed by atoms with E-state index in [9.17, 15) is 14.7 Å². The largest absolute Gasteiger partial charge is 0.508 e. The normalized spacial score (nSPS) is 14.4. The van der Waals surface area contributed by atoms with Crippen LogP contribution in [0.2, 0.25) is 0 Å². The number of hydrogen-bond acceptors (Lipinski definition) is 7. The Morgan fingerprint density at radius 1 is 1.09 bits per heavy atom. The molecule has 34 heavy (non-hydrogen) atoms. The molecule has 2 N–H and O–H groups in total. The van der Waals surface area contributed by atoms with Crippen molar-refractivity contribution >= 4 is 57.6 Å². The Labute approximate surface area is 206 Å². The summed E-state index contributed by atoms with van der Waals surface area (Å²) in [6.07, 6.45) is 1.74. The average Bonchev–Trinajstić information content (AvgIpc) is 3.12. The summed E-state index contributed by atoms with van der Waals surface area (Å²) in [6, 6.07) is 20.6. The van der Waals surface area contributed by atoms with Crippen LogP contribution in [0, 0.1) is 0 Å². The number of benzene rings is 3. The standard InChI is InChI=1S/C25H20N2O5S2/c1-31-21-13-16(14-22-24(30)27(25(33)34-22)18-5-3-2-4-6-18)7-12-20(21)32-15-23(29)26-17-8-10-19(28)11-9-17/h2-14,28H,15H2,1H3,(H,26,29). The molecule has 0 aromatic heterocycles. The molecule has 3 aromatic rings. The summed E-state index contributed by atoms with van der Waals surface area (Å²) in [5.41, 5.74) is 1.99. The molecule has 0 aliphatic carbocycles. The molecule has 1 heterocycles. The van der Waals surface area contributed by atoms with Crippen LogP contribution >= 0.6 is 24.0 Å². The fourth-order valence-electron chi connectivity index (χ4n) is 3.20. The second-order valence-electron chi connectivity index (χ2n) is 7.15. The van der Waals surface area contributed by atoms with Gasteiger partial charge in [0.15, 0.2) is 22.4 Å². The Hall–Kier alpha value is -3.82. The minimum absolute atomic E-state index is 0.112. The van der Waals surface area contributed by atoms with Gasteiger partial charge in [-0.15, -0.1) is 0 Å². The summed E-state index contributed by atoms with van der Waals surface area (Å²) >= 11 is 6.64. The van der Waals surface area contributed by atoms with E-state index in [0.29, 0.717) is 26.4 Å². The van der Waals surface area contributed by atoms with E-state index >= 15 is 0 Å². The molecule has 0 radical (unpaired) electrons. The number of phenolic OH excluding ortho intramolecular Hbond substituents is 1. The minimum atomic E-state index is -0.360. The number of thioether (sulfide) groups is 1. The van der Waals surface area contributed by atoms with E-state index in [-0.39, 0.29) is 24.2 Å². The molecule has 1 aliphatic heterocycles. The molecule has 7 nitrogen and oxygen atoms in total. The van der Waals surface area contributed by atoms with Gasteiger partial charge in [-0.25, -0.2) is 0 Å². The van der Waals surface area contributed by atoms with Gasteiger partial charge in [-0.05, 0) is 60.2 Å². The molecule has 1 fully saturated rings. The molecule has 2 amide bonds. The predicted molar refractivity (Wildman–Crippen MR) is 137 cm³/mol. The van der Waals surface area contributed by atoms with Crippen molar-refractivity contribution in [1.82, 2.24) is 0 Å². The van der Waals surface area contributed by atoms with Gasteiger partial charge in [0.1, 0.15) is 5.75 Å². The highest BCUT2D eigenvalue weighted by Gasteiger charge is 2.33. The van der Waals surface area contributed by atoms with Crippen LogP contribution in [-0.2, 0) is 9.59 Å². The van der Waals surface area contributed by atoms with Crippen molar-refractivity contribution in [3.8, 4) is 17.2 Å². The van der Waals surface area contributed by atoms with Crippen molar-refractivity contribution in [2.45, 2.75) is 0 Å². The van der Waals surface area contributed by atoms with Gasteiger partial charge >= 0.3 is 0 Å². The van der Waals surface area contributed by atoms with Crippen LogP contribution in [0.1, 0.15) is 5.56 Å². The Morgan fingerprint density at radius 2 is 1.82 bits per heavy atom. The zero-order valence-corrected chi connectivity index (χ0v) is 19.7. The van der Waals surface area contributed by atoms with Crippen molar-refractivity contribution in [3.05, 3.63) is 83.3 Å². The van der Waals surface area contributed by atoms with Crippen molar-refractivity contribution in [2.24, 2.45) is 0 Å². The molecule has 3 aromatic carbocycles. The Bertz CT molecular complexity index is 1260. The number of para-hydroxylation sites is 1. The summed E-state index contributed by atoms with van der Waals surface area (Å²) in [5, 5.41) is 12.0. The Morgan fingerprint density at radius 3 is 2.53 bits per heavy atom. The van der Waals surface area contributed by atoms with Gasteiger partial charge in [-0.1, -0.05) is 48.2 Å². The van der Waals surface area contributed by atoms with E-state index in [0.717, 1.165) is 11.3 Å². The molecule has 0 atom stereocenters. The van der Waals surface area contributed by atoms with E-state index in [4.69, 9.17) is 21.7 Å². The number of nitrogens with one attached hydrogen (secondary N) is 1. The topological polar surface area (TPSA) is 88.1 Å². The van der Waals surface area contributed by atoms with E-state index in [1.807, 2.05) is 30.3 Å². The van der Waals surface area contributed by atoms with Crippen molar-refractivity contribution < 1.29 is 24.2 Å². The number of ether oxygens (including phenoxy) is 2. The number of hydrogen-bond donors (Lipinski definition) is 2. The van der Waals surface area contributed by atoms with Crippen LogP contribution in [-0.4, -0.2) is 35.0 Å². The summed E-state index contributed by atoms with van der Waals surface area (Å²) in [5.74, 6) is 0.371. The van der Waals surface area contributed by atoms with E-state index < -0.39 is 0 Å². The van der Waals surface area contributed by atoms with E-state index in [1.54, 1.807) is 36.4 Å². The second-order valence-corrected chi connectivity index (χ2v) is 8.82. The molecule has 1 saturated heterocycles. The number of methoxy groups -OCH3 is 1. The summed E-state index contributed by atoms with van der Waals surface area (Å²) < 4.78 is 11.5. The van der Waals surface area contributed by atoms with Crippen LogP contribution in [0.25, 0.3) is 6.08 Å². The highest BCUT2D eigenvalue weighted by atomic mass is 32.2. The molecule has 0 bridgehead atoms. The number of anilines is 2. The maximum Gasteiger partial charge on any atom is 0.270 e. The van der Waals surface area contributed by atoms with Gasteiger partial charge in [-0.3, -0.25) is 14.5 Å². The number of phenols is 1. The number of carbonyl (C=O) groups is 2. The quantitative estimate of drug-likeness (QED) is 0.278. The van der Waals surface area contributed by atoms with Gasteiger partial charge in [0, 0.05) is 5.69 Å². The number of rotatable bonds is 7. The fraction of sp³-hybridized carbons (Fsp3) is 0.0800. The van der Waals surface area contributed by atoms with Gasteiger partial charge in [-0.2, -0.15) is 0 Å². The molecule has 4 rings (SSSR count). The zero-order valence-electron chi connectivity index (χ0n) is 18.1. The Kier molecular flexibility index (Phi) is 7.15. The molecule has 0 spiro atoms.